The quantitative estimate of drug-likeness (QED) is 0.744. The molecule has 1 unspecified atom stereocenters. The molecule has 0 saturated carbocycles. The highest BCUT2D eigenvalue weighted by molar-refractivity contribution is 9.10. The lowest BCUT2D eigenvalue weighted by Crippen LogP contribution is -2.36. The molecule has 19 heavy (non-hydrogen) atoms. The van der Waals surface area contributed by atoms with Gasteiger partial charge < -0.3 is 10.5 Å². The van der Waals surface area contributed by atoms with Crippen LogP contribution in [0.15, 0.2) is 22.7 Å². The van der Waals surface area contributed by atoms with Crippen LogP contribution in [0.4, 0.5) is 4.39 Å². The van der Waals surface area contributed by atoms with E-state index in [0.717, 1.165) is 18.7 Å². The molecular formula is C14H22BrFN2O. The minimum atomic E-state index is -0.253. The molecule has 0 saturated heterocycles. The van der Waals surface area contributed by atoms with Crippen LogP contribution in [0.1, 0.15) is 25.5 Å². The van der Waals surface area contributed by atoms with Gasteiger partial charge in [0, 0.05) is 25.7 Å². The van der Waals surface area contributed by atoms with Gasteiger partial charge in [-0.25, -0.2) is 4.39 Å². The van der Waals surface area contributed by atoms with Gasteiger partial charge in [0.2, 0.25) is 0 Å². The highest BCUT2D eigenvalue weighted by atomic mass is 79.9. The summed E-state index contributed by atoms with van der Waals surface area (Å²) in [5.74, 6) is -0.253. The monoisotopic (exact) mass is 332 g/mol. The Morgan fingerprint density at radius 2 is 2.16 bits per heavy atom. The Bertz CT molecular complexity index is 390. The van der Waals surface area contributed by atoms with Crippen molar-refractivity contribution >= 4 is 15.9 Å². The van der Waals surface area contributed by atoms with Crippen molar-refractivity contribution in [2.75, 3.05) is 32.8 Å². The van der Waals surface area contributed by atoms with Crippen LogP contribution in [-0.4, -0.2) is 37.7 Å². The van der Waals surface area contributed by atoms with Crippen LogP contribution in [0.25, 0.3) is 0 Å². The summed E-state index contributed by atoms with van der Waals surface area (Å²) in [6.07, 6.45) is 0. The van der Waals surface area contributed by atoms with E-state index in [1.54, 1.807) is 12.1 Å². The first kappa shape index (κ1) is 16.6. The van der Waals surface area contributed by atoms with Crippen LogP contribution in [0.2, 0.25) is 0 Å². The Hall–Kier alpha value is -0.490. The van der Waals surface area contributed by atoms with Gasteiger partial charge in [-0.3, -0.25) is 4.90 Å². The molecule has 0 bridgehead atoms. The smallest absolute Gasteiger partial charge is 0.137 e. The first-order valence-corrected chi connectivity index (χ1v) is 7.40. The Morgan fingerprint density at radius 3 is 2.68 bits per heavy atom. The molecule has 5 heteroatoms. The van der Waals surface area contributed by atoms with E-state index in [2.05, 4.69) is 27.8 Å². The summed E-state index contributed by atoms with van der Waals surface area (Å²) < 4.78 is 19.5. The molecule has 0 amide bonds. The molecule has 0 radical (unpaired) electrons. The van der Waals surface area contributed by atoms with Crippen LogP contribution < -0.4 is 5.73 Å². The highest BCUT2D eigenvalue weighted by Gasteiger charge is 2.18. The fraction of sp³-hybridized carbons (Fsp3) is 0.571. The van der Waals surface area contributed by atoms with Crippen molar-refractivity contribution in [3.8, 4) is 0 Å². The Morgan fingerprint density at radius 1 is 1.42 bits per heavy atom. The maximum absolute atomic E-state index is 13.6. The lowest BCUT2D eigenvalue weighted by molar-refractivity contribution is 0.0980. The summed E-state index contributed by atoms with van der Waals surface area (Å²) in [6.45, 7) is 7.53. The summed E-state index contributed by atoms with van der Waals surface area (Å²) in [5.41, 5.74) is 6.76. The summed E-state index contributed by atoms with van der Waals surface area (Å²) >= 11 is 3.17. The van der Waals surface area contributed by atoms with Gasteiger partial charge in [0.15, 0.2) is 0 Å². The summed E-state index contributed by atoms with van der Waals surface area (Å²) in [7, 11) is 0. The van der Waals surface area contributed by atoms with E-state index >= 15 is 0 Å². The first-order valence-electron chi connectivity index (χ1n) is 6.60. The minimum Gasteiger partial charge on any atom is -0.380 e. The SMILES string of the molecule is CCOCCN(CC)C(CN)c1ccc(Br)c(F)c1. The molecule has 108 valence electrons. The number of benzene rings is 1. The number of likely N-dealkylation sites (N-methyl/N-ethyl adjacent to an activating group) is 1. The Labute approximate surface area is 123 Å². The molecule has 1 aromatic rings. The van der Waals surface area contributed by atoms with Crippen molar-refractivity contribution in [1.82, 2.24) is 4.90 Å². The third-order valence-electron chi connectivity index (χ3n) is 3.13. The predicted octanol–water partition coefficient (Wildman–Crippen LogP) is 2.95. The van der Waals surface area contributed by atoms with Gasteiger partial charge >= 0.3 is 0 Å². The third kappa shape index (κ3) is 4.84. The largest absolute Gasteiger partial charge is 0.380 e. The van der Waals surface area contributed by atoms with Gasteiger partial charge in [-0.2, -0.15) is 0 Å². The Balaban J connectivity index is 2.80. The molecule has 0 aliphatic carbocycles. The molecule has 1 rings (SSSR count). The van der Waals surface area contributed by atoms with Crippen LogP contribution in [0.5, 0.6) is 0 Å². The molecule has 1 atom stereocenters. The van der Waals surface area contributed by atoms with Crippen molar-refractivity contribution in [3.05, 3.63) is 34.1 Å². The topological polar surface area (TPSA) is 38.5 Å². The number of rotatable bonds is 8. The average Bonchev–Trinajstić information content (AvgIpc) is 2.41. The van der Waals surface area contributed by atoms with Gasteiger partial charge in [-0.05, 0) is 47.1 Å². The zero-order chi connectivity index (χ0) is 14.3. The Kier molecular flexibility index (Phi) is 7.53. The maximum atomic E-state index is 13.6. The van der Waals surface area contributed by atoms with Crippen molar-refractivity contribution in [2.45, 2.75) is 19.9 Å². The second-order valence-electron chi connectivity index (χ2n) is 4.25. The maximum Gasteiger partial charge on any atom is 0.137 e. The fourth-order valence-corrected chi connectivity index (χ4v) is 2.32. The van der Waals surface area contributed by atoms with Gasteiger partial charge in [0.05, 0.1) is 11.1 Å². The normalized spacial score (nSPS) is 12.9. The molecule has 0 heterocycles. The number of nitrogens with two attached hydrogens (primary N) is 1. The number of nitrogens with zero attached hydrogens (tertiary/aromatic N) is 1. The molecule has 1 aromatic carbocycles. The second kappa shape index (κ2) is 8.64. The zero-order valence-electron chi connectivity index (χ0n) is 11.5. The number of hydrogen-bond donors (Lipinski definition) is 1. The molecule has 0 fully saturated rings. The molecule has 0 aliphatic heterocycles. The zero-order valence-corrected chi connectivity index (χ0v) is 13.1. The van der Waals surface area contributed by atoms with Gasteiger partial charge in [0.25, 0.3) is 0 Å². The van der Waals surface area contributed by atoms with Crippen LogP contribution in [0, 0.1) is 5.82 Å². The summed E-state index contributed by atoms with van der Waals surface area (Å²) in [6, 6.07) is 5.20. The van der Waals surface area contributed by atoms with Gasteiger partial charge in [-0.15, -0.1) is 0 Å². The number of ether oxygens (including phenoxy) is 1. The van der Waals surface area contributed by atoms with E-state index in [9.17, 15) is 4.39 Å². The van der Waals surface area contributed by atoms with E-state index in [4.69, 9.17) is 10.5 Å². The van der Waals surface area contributed by atoms with Crippen molar-refractivity contribution in [3.63, 3.8) is 0 Å². The molecule has 3 nitrogen and oxygen atoms in total. The van der Waals surface area contributed by atoms with Crippen molar-refractivity contribution in [1.29, 1.82) is 0 Å². The number of hydrogen-bond acceptors (Lipinski definition) is 3. The predicted molar refractivity (Wildman–Crippen MR) is 79.6 cm³/mol. The number of halogens is 2. The van der Waals surface area contributed by atoms with E-state index in [-0.39, 0.29) is 11.9 Å². The molecule has 0 aromatic heterocycles. The van der Waals surface area contributed by atoms with E-state index < -0.39 is 0 Å². The van der Waals surface area contributed by atoms with Crippen LogP contribution >= 0.6 is 15.9 Å². The lowest BCUT2D eigenvalue weighted by Gasteiger charge is -2.30. The van der Waals surface area contributed by atoms with Crippen molar-refractivity contribution in [2.24, 2.45) is 5.73 Å². The van der Waals surface area contributed by atoms with E-state index in [0.29, 0.717) is 24.2 Å². The van der Waals surface area contributed by atoms with E-state index in [1.807, 2.05) is 13.0 Å². The second-order valence-corrected chi connectivity index (χ2v) is 5.10. The summed E-state index contributed by atoms with van der Waals surface area (Å²) in [5, 5.41) is 0. The fourth-order valence-electron chi connectivity index (χ4n) is 2.08. The minimum absolute atomic E-state index is 0.0213. The summed E-state index contributed by atoms with van der Waals surface area (Å²) in [4.78, 5) is 2.21. The third-order valence-corrected chi connectivity index (χ3v) is 3.77. The van der Waals surface area contributed by atoms with Crippen LogP contribution in [-0.2, 0) is 4.74 Å². The van der Waals surface area contributed by atoms with Crippen molar-refractivity contribution < 1.29 is 9.13 Å². The van der Waals surface area contributed by atoms with Crippen LogP contribution in [0.3, 0.4) is 0 Å². The molecular weight excluding hydrogens is 311 g/mol. The molecule has 2 N–H and O–H groups in total. The standard InChI is InChI=1S/C14H22BrFN2O/c1-3-18(7-8-19-4-2)14(10-17)11-5-6-12(15)13(16)9-11/h5-6,9,14H,3-4,7-8,10,17H2,1-2H3. The van der Waals surface area contributed by atoms with E-state index in [1.165, 1.54) is 0 Å². The average molecular weight is 333 g/mol. The van der Waals surface area contributed by atoms with Gasteiger partial charge in [0.1, 0.15) is 5.82 Å². The van der Waals surface area contributed by atoms with Gasteiger partial charge in [-0.1, -0.05) is 13.0 Å². The molecule has 0 spiro atoms. The lowest BCUT2D eigenvalue weighted by atomic mass is 10.1. The molecule has 0 aliphatic rings. The highest BCUT2D eigenvalue weighted by Crippen LogP contribution is 2.24. The first-order chi connectivity index (χ1) is 9.13.